The van der Waals surface area contributed by atoms with Gasteiger partial charge in [-0.05, 0) is 22.8 Å². The van der Waals surface area contributed by atoms with Gasteiger partial charge >= 0.3 is 0 Å². The lowest BCUT2D eigenvalue weighted by atomic mass is 10.0. The maximum Gasteiger partial charge on any atom is 0.160 e. The van der Waals surface area contributed by atoms with Crippen LogP contribution in [0.25, 0.3) is 33.9 Å². The first-order chi connectivity index (χ1) is 14.7. The Hall–Kier alpha value is -3.38. The van der Waals surface area contributed by atoms with Gasteiger partial charge < -0.3 is 15.3 Å². The van der Waals surface area contributed by atoms with E-state index in [2.05, 4.69) is 0 Å². The Labute approximate surface area is 175 Å². The van der Waals surface area contributed by atoms with Gasteiger partial charge in [-0.25, -0.2) is 9.97 Å². The molecule has 5 heteroatoms. The van der Waals surface area contributed by atoms with E-state index in [4.69, 9.17) is 9.97 Å². The summed E-state index contributed by atoms with van der Waals surface area (Å²) >= 11 is 0. The third kappa shape index (κ3) is 4.28. The van der Waals surface area contributed by atoms with Crippen molar-refractivity contribution in [3.05, 3.63) is 95.6 Å². The molecule has 30 heavy (non-hydrogen) atoms. The second kappa shape index (κ2) is 8.97. The lowest BCUT2D eigenvalue weighted by molar-refractivity contribution is 0.281. The Morgan fingerprint density at radius 1 is 0.467 bits per heavy atom. The van der Waals surface area contributed by atoms with Crippen LogP contribution in [-0.4, -0.2) is 25.3 Å². The van der Waals surface area contributed by atoms with E-state index in [1.165, 1.54) is 0 Å². The SMILES string of the molecule is OCc1ccc(-c2cc(-c3ccc(CO)cc3)nc(-c3ccc(CO)cc3)n2)cc1. The number of aliphatic hydroxyl groups excluding tert-OH is 3. The van der Waals surface area contributed by atoms with Crippen molar-refractivity contribution in [1.29, 1.82) is 0 Å². The van der Waals surface area contributed by atoms with Crippen LogP contribution in [0.5, 0.6) is 0 Å². The standard InChI is InChI=1S/C25H22N2O3/c28-14-17-1-7-20(8-2-17)23-13-24(21-9-3-18(15-29)4-10-21)27-25(26-23)22-11-5-19(16-30)6-12-22/h1-13,28-30H,14-16H2. The van der Waals surface area contributed by atoms with Crippen LogP contribution in [-0.2, 0) is 19.8 Å². The molecule has 0 aliphatic rings. The normalized spacial score (nSPS) is 10.9. The number of aromatic nitrogens is 2. The molecule has 0 amide bonds. The molecule has 0 saturated heterocycles. The van der Waals surface area contributed by atoms with Gasteiger partial charge in [-0.3, -0.25) is 0 Å². The first kappa shape index (κ1) is 19.9. The van der Waals surface area contributed by atoms with Crippen LogP contribution < -0.4 is 0 Å². The number of nitrogens with zero attached hydrogens (tertiary/aromatic N) is 2. The zero-order valence-electron chi connectivity index (χ0n) is 16.4. The van der Waals surface area contributed by atoms with E-state index in [9.17, 15) is 15.3 Å². The molecule has 1 heterocycles. The quantitative estimate of drug-likeness (QED) is 0.458. The highest BCUT2D eigenvalue weighted by Crippen LogP contribution is 2.28. The molecule has 0 aliphatic carbocycles. The van der Waals surface area contributed by atoms with Gasteiger partial charge in [0.15, 0.2) is 5.82 Å². The Morgan fingerprint density at radius 3 is 1.13 bits per heavy atom. The molecule has 0 saturated carbocycles. The summed E-state index contributed by atoms with van der Waals surface area (Å²) in [6, 6.07) is 24.7. The van der Waals surface area contributed by atoms with Gasteiger partial charge in [0, 0.05) is 16.7 Å². The van der Waals surface area contributed by atoms with E-state index in [0.717, 1.165) is 44.8 Å². The van der Waals surface area contributed by atoms with Crippen molar-refractivity contribution in [2.24, 2.45) is 0 Å². The fraction of sp³-hybridized carbons (Fsp3) is 0.120. The van der Waals surface area contributed by atoms with Crippen LogP contribution in [0.3, 0.4) is 0 Å². The molecule has 0 unspecified atom stereocenters. The molecule has 0 atom stereocenters. The highest BCUT2D eigenvalue weighted by Gasteiger charge is 2.11. The highest BCUT2D eigenvalue weighted by atomic mass is 16.3. The van der Waals surface area contributed by atoms with E-state index >= 15 is 0 Å². The lowest BCUT2D eigenvalue weighted by Gasteiger charge is -2.10. The number of hydrogen-bond acceptors (Lipinski definition) is 5. The van der Waals surface area contributed by atoms with Crippen LogP contribution in [0, 0.1) is 0 Å². The average molecular weight is 398 g/mol. The number of hydrogen-bond donors (Lipinski definition) is 3. The molecule has 1 aromatic heterocycles. The molecular formula is C25H22N2O3. The van der Waals surface area contributed by atoms with Crippen molar-refractivity contribution >= 4 is 0 Å². The van der Waals surface area contributed by atoms with E-state index in [1.54, 1.807) is 0 Å². The molecule has 3 aromatic carbocycles. The lowest BCUT2D eigenvalue weighted by Crippen LogP contribution is -1.96. The summed E-state index contributed by atoms with van der Waals surface area (Å²) < 4.78 is 0. The molecule has 0 fully saturated rings. The van der Waals surface area contributed by atoms with Crippen molar-refractivity contribution in [3.63, 3.8) is 0 Å². The zero-order chi connectivity index (χ0) is 20.9. The maximum atomic E-state index is 9.31. The van der Waals surface area contributed by atoms with Crippen molar-refractivity contribution in [1.82, 2.24) is 9.97 Å². The van der Waals surface area contributed by atoms with Gasteiger partial charge in [-0.1, -0.05) is 72.8 Å². The summed E-state index contributed by atoms with van der Waals surface area (Å²) in [5.41, 5.74) is 6.77. The fourth-order valence-corrected chi connectivity index (χ4v) is 3.19. The molecule has 0 aliphatic heterocycles. The van der Waals surface area contributed by atoms with Crippen molar-refractivity contribution in [2.75, 3.05) is 0 Å². The Bertz CT molecular complexity index is 964. The fourth-order valence-electron chi connectivity index (χ4n) is 3.19. The summed E-state index contributed by atoms with van der Waals surface area (Å²) in [5, 5.41) is 27.9. The predicted molar refractivity (Wildman–Crippen MR) is 116 cm³/mol. The molecule has 0 spiro atoms. The molecule has 0 bridgehead atoms. The predicted octanol–water partition coefficient (Wildman–Crippen LogP) is 3.95. The third-order valence-electron chi connectivity index (χ3n) is 4.99. The number of benzene rings is 3. The second-order valence-corrected chi connectivity index (χ2v) is 7.03. The summed E-state index contributed by atoms with van der Waals surface area (Å²) in [4.78, 5) is 9.54. The molecule has 4 aromatic rings. The van der Waals surface area contributed by atoms with Crippen LogP contribution in [0.4, 0.5) is 0 Å². The molecule has 3 N–H and O–H groups in total. The summed E-state index contributed by atoms with van der Waals surface area (Å²) in [6.07, 6.45) is 0. The Balaban J connectivity index is 1.83. The van der Waals surface area contributed by atoms with Crippen molar-refractivity contribution in [2.45, 2.75) is 19.8 Å². The topological polar surface area (TPSA) is 86.5 Å². The van der Waals surface area contributed by atoms with Crippen LogP contribution in [0.15, 0.2) is 78.9 Å². The average Bonchev–Trinajstić information content (AvgIpc) is 2.84. The minimum Gasteiger partial charge on any atom is -0.392 e. The largest absolute Gasteiger partial charge is 0.392 e. The van der Waals surface area contributed by atoms with Crippen LogP contribution >= 0.6 is 0 Å². The van der Waals surface area contributed by atoms with E-state index in [-0.39, 0.29) is 19.8 Å². The van der Waals surface area contributed by atoms with Gasteiger partial charge in [0.1, 0.15) is 0 Å². The minimum atomic E-state index is -0.0131. The summed E-state index contributed by atoms with van der Waals surface area (Å²) in [6.45, 7) is -0.0230. The van der Waals surface area contributed by atoms with E-state index in [1.807, 2.05) is 78.9 Å². The van der Waals surface area contributed by atoms with Gasteiger partial charge in [-0.15, -0.1) is 0 Å². The summed E-state index contributed by atoms with van der Waals surface area (Å²) in [5.74, 6) is 0.587. The second-order valence-electron chi connectivity index (χ2n) is 7.03. The third-order valence-corrected chi connectivity index (χ3v) is 4.99. The van der Waals surface area contributed by atoms with Crippen molar-refractivity contribution < 1.29 is 15.3 Å². The van der Waals surface area contributed by atoms with Gasteiger partial charge in [0.2, 0.25) is 0 Å². The van der Waals surface area contributed by atoms with Gasteiger partial charge in [0.25, 0.3) is 0 Å². The van der Waals surface area contributed by atoms with Crippen LogP contribution in [0.2, 0.25) is 0 Å². The van der Waals surface area contributed by atoms with Crippen molar-refractivity contribution in [3.8, 4) is 33.9 Å². The smallest absolute Gasteiger partial charge is 0.160 e. The molecular weight excluding hydrogens is 376 g/mol. The number of aliphatic hydroxyl groups is 3. The summed E-state index contributed by atoms with van der Waals surface area (Å²) in [7, 11) is 0. The molecule has 0 radical (unpaired) electrons. The molecule has 5 nitrogen and oxygen atoms in total. The highest BCUT2D eigenvalue weighted by molar-refractivity contribution is 5.72. The van der Waals surface area contributed by atoms with Crippen LogP contribution in [0.1, 0.15) is 16.7 Å². The first-order valence-corrected chi connectivity index (χ1v) is 9.70. The number of rotatable bonds is 6. The Kier molecular flexibility index (Phi) is 5.95. The minimum absolute atomic E-state index is 0.00499. The van der Waals surface area contributed by atoms with Gasteiger partial charge in [0.05, 0.1) is 31.2 Å². The Morgan fingerprint density at radius 2 is 0.800 bits per heavy atom. The molecule has 150 valence electrons. The van der Waals surface area contributed by atoms with E-state index in [0.29, 0.717) is 5.82 Å². The van der Waals surface area contributed by atoms with E-state index < -0.39 is 0 Å². The zero-order valence-corrected chi connectivity index (χ0v) is 16.4. The maximum absolute atomic E-state index is 9.31. The van der Waals surface area contributed by atoms with Gasteiger partial charge in [-0.2, -0.15) is 0 Å². The molecule has 4 rings (SSSR count). The first-order valence-electron chi connectivity index (χ1n) is 9.70. The monoisotopic (exact) mass is 398 g/mol.